The third-order valence-electron chi connectivity index (χ3n) is 2.13. The highest BCUT2D eigenvalue weighted by molar-refractivity contribution is 5.76. The number of aliphatic carboxylic acids is 1. The molecule has 0 saturated heterocycles. The van der Waals surface area contributed by atoms with Crippen LogP contribution in [0.4, 0.5) is 5.82 Å². The fourth-order valence-corrected chi connectivity index (χ4v) is 1.40. The van der Waals surface area contributed by atoms with Crippen molar-refractivity contribution in [1.29, 1.82) is 0 Å². The number of anilines is 1. The van der Waals surface area contributed by atoms with E-state index in [1.54, 1.807) is 6.07 Å². The van der Waals surface area contributed by atoms with Gasteiger partial charge >= 0.3 is 5.97 Å². The van der Waals surface area contributed by atoms with Crippen LogP contribution in [0.5, 0.6) is 0 Å². The zero-order valence-electron chi connectivity index (χ0n) is 9.77. The summed E-state index contributed by atoms with van der Waals surface area (Å²) in [4.78, 5) is 19.0. The predicted molar refractivity (Wildman–Crippen MR) is 61.3 cm³/mol. The van der Waals surface area contributed by atoms with E-state index in [0.29, 0.717) is 18.2 Å². The van der Waals surface area contributed by atoms with Crippen molar-refractivity contribution in [1.82, 2.24) is 9.97 Å². The van der Waals surface area contributed by atoms with Crippen LogP contribution in [-0.2, 0) is 4.79 Å². The van der Waals surface area contributed by atoms with E-state index < -0.39 is 12.0 Å². The molecule has 0 unspecified atom stereocenters. The average molecular weight is 223 g/mol. The summed E-state index contributed by atoms with van der Waals surface area (Å²) < 4.78 is 0. The van der Waals surface area contributed by atoms with Gasteiger partial charge in [-0.15, -0.1) is 0 Å². The SMILES string of the molecule is Cc1cc(N[C@H](CC(C)C)C(=O)O)ncn1. The zero-order chi connectivity index (χ0) is 12.1. The molecule has 1 aromatic rings. The molecule has 1 rings (SSSR count). The summed E-state index contributed by atoms with van der Waals surface area (Å²) in [5.41, 5.74) is 0.811. The summed E-state index contributed by atoms with van der Waals surface area (Å²) in [5, 5.41) is 11.9. The fourth-order valence-electron chi connectivity index (χ4n) is 1.40. The van der Waals surface area contributed by atoms with Crippen LogP contribution in [0.15, 0.2) is 12.4 Å². The van der Waals surface area contributed by atoms with E-state index in [2.05, 4.69) is 15.3 Å². The Balaban J connectivity index is 2.71. The quantitative estimate of drug-likeness (QED) is 0.794. The van der Waals surface area contributed by atoms with E-state index in [1.807, 2.05) is 20.8 Å². The largest absolute Gasteiger partial charge is 0.480 e. The number of hydrogen-bond donors (Lipinski definition) is 2. The molecule has 1 aromatic heterocycles. The third kappa shape index (κ3) is 3.84. The monoisotopic (exact) mass is 223 g/mol. The molecule has 1 atom stereocenters. The molecule has 0 saturated carbocycles. The first-order valence-corrected chi connectivity index (χ1v) is 5.27. The first-order chi connectivity index (χ1) is 7.49. The first-order valence-electron chi connectivity index (χ1n) is 5.27. The minimum Gasteiger partial charge on any atom is -0.480 e. The molecule has 1 heterocycles. The van der Waals surface area contributed by atoms with E-state index in [9.17, 15) is 4.79 Å². The number of carboxylic acid groups (broad SMARTS) is 1. The lowest BCUT2D eigenvalue weighted by Gasteiger charge is -2.16. The molecule has 16 heavy (non-hydrogen) atoms. The molecule has 5 nitrogen and oxygen atoms in total. The summed E-state index contributed by atoms with van der Waals surface area (Å²) in [6.07, 6.45) is 1.99. The van der Waals surface area contributed by atoms with Gasteiger partial charge in [0.15, 0.2) is 0 Å². The summed E-state index contributed by atoms with van der Waals surface area (Å²) in [5.74, 6) is 0.0158. The van der Waals surface area contributed by atoms with E-state index in [0.717, 1.165) is 5.69 Å². The molecule has 0 spiro atoms. The van der Waals surface area contributed by atoms with Crippen LogP contribution in [-0.4, -0.2) is 27.1 Å². The number of carboxylic acids is 1. The number of carbonyl (C=O) groups is 1. The molecule has 0 fully saturated rings. The van der Waals surface area contributed by atoms with Gasteiger partial charge in [-0.2, -0.15) is 0 Å². The van der Waals surface area contributed by atoms with Crippen LogP contribution in [0, 0.1) is 12.8 Å². The van der Waals surface area contributed by atoms with Crippen molar-refractivity contribution >= 4 is 11.8 Å². The van der Waals surface area contributed by atoms with E-state index in [1.165, 1.54) is 6.33 Å². The minimum absolute atomic E-state index is 0.316. The van der Waals surface area contributed by atoms with Gasteiger partial charge in [0, 0.05) is 11.8 Å². The van der Waals surface area contributed by atoms with Crippen molar-refractivity contribution in [3.8, 4) is 0 Å². The number of nitrogens with zero attached hydrogens (tertiary/aromatic N) is 2. The lowest BCUT2D eigenvalue weighted by molar-refractivity contribution is -0.138. The number of rotatable bonds is 5. The zero-order valence-corrected chi connectivity index (χ0v) is 9.77. The summed E-state index contributed by atoms with van der Waals surface area (Å²) >= 11 is 0. The Morgan fingerprint density at radius 3 is 2.69 bits per heavy atom. The summed E-state index contributed by atoms with van der Waals surface area (Å²) in [6.45, 7) is 5.82. The van der Waals surface area contributed by atoms with Crippen LogP contribution in [0.25, 0.3) is 0 Å². The topological polar surface area (TPSA) is 75.1 Å². The third-order valence-corrected chi connectivity index (χ3v) is 2.13. The molecule has 0 aliphatic heterocycles. The molecule has 0 aliphatic rings. The lowest BCUT2D eigenvalue weighted by Crippen LogP contribution is -2.31. The number of hydrogen-bond acceptors (Lipinski definition) is 4. The van der Waals surface area contributed by atoms with Crippen molar-refractivity contribution in [2.24, 2.45) is 5.92 Å². The highest BCUT2D eigenvalue weighted by Gasteiger charge is 2.18. The molecule has 0 amide bonds. The average Bonchev–Trinajstić information content (AvgIpc) is 2.15. The lowest BCUT2D eigenvalue weighted by atomic mass is 10.0. The maximum absolute atomic E-state index is 11.0. The van der Waals surface area contributed by atoms with Gasteiger partial charge in [-0.3, -0.25) is 0 Å². The van der Waals surface area contributed by atoms with Gasteiger partial charge in [-0.05, 0) is 19.3 Å². The number of aromatic nitrogens is 2. The Morgan fingerprint density at radius 2 is 2.19 bits per heavy atom. The maximum atomic E-state index is 11.0. The van der Waals surface area contributed by atoms with Gasteiger partial charge in [-0.1, -0.05) is 13.8 Å². The van der Waals surface area contributed by atoms with Crippen LogP contribution in [0.1, 0.15) is 26.0 Å². The molecular weight excluding hydrogens is 206 g/mol. The maximum Gasteiger partial charge on any atom is 0.326 e. The Labute approximate surface area is 94.9 Å². The fraction of sp³-hybridized carbons (Fsp3) is 0.545. The predicted octanol–water partition coefficient (Wildman–Crippen LogP) is 1.70. The van der Waals surface area contributed by atoms with Crippen molar-refractivity contribution in [2.45, 2.75) is 33.2 Å². The second-order valence-corrected chi connectivity index (χ2v) is 4.21. The molecule has 2 N–H and O–H groups in total. The van der Waals surface area contributed by atoms with Crippen molar-refractivity contribution in [3.05, 3.63) is 18.1 Å². The highest BCUT2D eigenvalue weighted by atomic mass is 16.4. The molecule has 0 radical (unpaired) electrons. The first kappa shape index (κ1) is 12.4. The highest BCUT2D eigenvalue weighted by Crippen LogP contribution is 2.11. The van der Waals surface area contributed by atoms with Gasteiger partial charge in [0.25, 0.3) is 0 Å². The second kappa shape index (κ2) is 5.44. The van der Waals surface area contributed by atoms with Crippen LogP contribution < -0.4 is 5.32 Å². The van der Waals surface area contributed by atoms with Crippen LogP contribution in [0.2, 0.25) is 0 Å². The van der Waals surface area contributed by atoms with Crippen molar-refractivity contribution < 1.29 is 9.90 Å². The van der Waals surface area contributed by atoms with Gasteiger partial charge < -0.3 is 10.4 Å². The standard InChI is InChI=1S/C11H17N3O2/c1-7(2)4-9(11(15)16)14-10-5-8(3)12-6-13-10/h5-7,9H,4H2,1-3H3,(H,15,16)(H,12,13,14)/t9-/m1/s1. The Hall–Kier alpha value is -1.65. The van der Waals surface area contributed by atoms with Crippen LogP contribution in [0.3, 0.4) is 0 Å². The van der Waals surface area contributed by atoms with E-state index >= 15 is 0 Å². The van der Waals surface area contributed by atoms with Crippen LogP contribution >= 0.6 is 0 Å². The minimum atomic E-state index is -0.857. The normalized spacial score (nSPS) is 12.5. The van der Waals surface area contributed by atoms with Gasteiger partial charge in [0.05, 0.1) is 0 Å². The van der Waals surface area contributed by atoms with Gasteiger partial charge in [0.2, 0.25) is 0 Å². The Kier molecular flexibility index (Phi) is 4.22. The second-order valence-electron chi connectivity index (χ2n) is 4.21. The molecule has 5 heteroatoms. The number of aryl methyl sites for hydroxylation is 1. The number of nitrogens with one attached hydrogen (secondary N) is 1. The molecule has 0 aliphatic carbocycles. The van der Waals surface area contributed by atoms with Crippen molar-refractivity contribution in [2.75, 3.05) is 5.32 Å². The van der Waals surface area contributed by atoms with E-state index in [-0.39, 0.29) is 0 Å². The van der Waals surface area contributed by atoms with Gasteiger partial charge in [0.1, 0.15) is 18.2 Å². The Bertz CT molecular complexity index is 366. The smallest absolute Gasteiger partial charge is 0.326 e. The molecule has 0 aromatic carbocycles. The summed E-state index contributed by atoms with van der Waals surface area (Å²) in [7, 11) is 0. The summed E-state index contributed by atoms with van der Waals surface area (Å²) in [6, 6.07) is 1.13. The van der Waals surface area contributed by atoms with Crippen molar-refractivity contribution in [3.63, 3.8) is 0 Å². The molecule has 88 valence electrons. The molecular formula is C11H17N3O2. The van der Waals surface area contributed by atoms with Gasteiger partial charge in [-0.25, -0.2) is 14.8 Å². The Morgan fingerprint density at radius 1 is 1.50 bits per heavy atom. The molecule has 0 bridgehead atoms. The van der Waals surface area contributed by atoms with E-state index in [4.69, 9.17) is 5.11 Å².